The van der Waals surface area contributed by atoms with E-state index in [1.165, 1.54) is 6.08 Å². The first-order valence-corrected chi connectivity index (χ1v) is 14.8. The number of nitrogens with zero attached hydrogens (tertiary/aromatic N) is 2. The van der Waals surface area contributed by atoms with Crippen molar-refractivity contribution in [1.82, 2.24) is 9.55 Å². The van der Waals surface area contributed by atoms with Gasteiger partial charge in [-0.3, -0.25) is 14.5 Å². The van der Waals surface area contributed by atoms with Gasteiger partial charge in [0.05, 0.1) is 23.2 Å². The van der Waals surface area contributed by atoms with Crippen molar-refractivity contribution in [2.75, 3.05) is 11.8 Å². The first-order chi connectivity index (χ1) is 20.0. The van der Waals surface area contributed by atoms with E-state index in [1.54, 1.807) is 49.8 Å². The Bertz CT molecular complexity index is 1900. The summed E-state index contributed by atoms with van der Waals surface area (Å²) in [6, 6.07) is 23.5. The molecule has 0 unspecified atom stereocenters. The number of benzene rings is 3. The maximum absolute atomic E-state index is 13.4. The lowest BCUT2D eigenvalue weighted by atomic mass is 9.87. The highest BCUT2D eigenvalue weighted by Crippen LogP contribution is 2.40. The van der Waals surface area contributed by atoms with Gasteiger partial charge >= 0.3 is 0 Å². The molecule has 0 fully saturated rings. The predicted octanol–water partition coefficient (Wildman–Crippen LogP) is 6.30. The van der Waals surface area contributed by atoms with Crippen molar-refractivity contribution in [3.8, 4) is 22.6 Å². The van der Waals surface area contributed by atoms with Gasteiger partial charge in [0.2, 0.25) is 5.91 Å². The number of fused-ring (bicyclic) bond motifs is 1. The van der Waals surface area contributed by atoms with Gasteiger partial charge in [0, 0.05) is 40.8 Å². The zero-order valence-electron chi connectivity index (χ0n) is 23.8. The number of aromatic nitrogens is 2. The number of sulfonamides is 1. The number of anilines is 1. The number of primary amides is 1. The number of rotatable bonds is 8. The Morgan fingerprint density at radius 1 is 0.976 bits per heavy atom. The Hall–Kier alpha value is -4.89. The van der Waals surface area contributed by atoms with E-state index in [9.17, 15) is 13.2 Å². The zero-order chi connectivity index (χ0) is 30.1. The van der Waals surface area contributed by atoms with Gasteiger partial charge in [-0.05, 0) is 77.2 Å². The normalized spacial score (nSPS) is 12.1. The number of amides is 1. The van der Waals surface area contributed by atoms with E-state index in [0.29, 0.717) is 17.1 Å². The molecule has 3 N–H and O–H groups in total. The van der Waals surface area contributed by atoms with Crippen LogP contribution in [0, 0.1) is 0 Å². The van der Waals surface area contributed by atoms with Gasteiger partial charge in [0.25, 0.3) is 10.0 Å². The highest BCUT2D eigenvalue weighted by atomic mass is 32.2. The van der Waals surface area contributed by atoms with Crippen molar-refractivity contribution in [3.63, 3.8) is 0 Å². The summed E-state index contributed by atoms with van der Waals surface area (Å²) in [6.07, 6.45) is 6.33. The Morgan fingerprint density at radius 3 is 2.33 bits per heavy atom. The fraction of sp³-hybridized carbons (Fsp3) is 0.152. The summed E-state index contributed by atoms with van der Waals surface area (Å²) >= 11 is 0. The fourth-order valence-electron chi connectivity index (χ4n) is 4.89. The predicted molar refractivity (Wildman–Crippen MR) is 167 cm³/mol. The molecule has 0 saturated heterocycles. The number of pyridine rings is 1. The van der Waals surface area contributed by atoms with Gasteiger partial charge < -0.3 is 15.0 Å². The number of ether oxygens (including phenoxy) is 1. The third-order valence-electron chi connectivity index (χ3n) is 6.97. The van der Waals surface area contributed by atoms with Gasteiger partial charge in [0.15, 0.2) is 0 Å². The average Bonchev–Trinajstić information content (AvgIpc) is 3.29. The lowest BCUT2D eigenvalue weighted by Gasteiger charge is -2.19. The van der Waals surface area contributed by atoms with Gasteiger partial charge in [-0.2, -0.15) is 0 Å². The second-order valence-electron chi connectivity index (χ2n) is 10.9. The second-order valence-corrected chi connectivity index (χ2v) is 12.6. The number of carbonyl (C=O) groups is 1. The Balaban J connectivity index is 1.71. The van der Waals surface area contributed by atoms with E-state index in [0.717, 1.165) is 33.3 Å². The molecule has 214 valence electrons. The van der Waals surface area contributed by atoms with E-state index >= 15 is 0 Å². The van der Waals surface area contributed by atoms with E-state index in [-0.39, 0.29) is 10.3 Å². The third kappa shape index (κ3) is 5.77. The molecule has 2 aromatic heterocycles. The van der Waals surface area contributed by atoms with E-state index in [2.05, 4.69) is 30.5 Å². The van der Waals surface area contributed by atoms with Crippen LogP contribution in [0.15, 0.2) is 102 Å². The first-order valence-electron chi connectivity index (χ1n) is 13.3. The molecular formula is C33H32N4O4S. The van der Waals surface area contributed by atoms with Crippen LogP contribution in [0.2, 0.25) is 0 Å². The van der Waals surface area contributed by atoms with Crippen molar-refractivity contribution in [1.29, 1.82) is 0 Å². The van der Waals surface area contributed by atoms with E-state index in [4.69, 9.17) is 10.5 Å². The number of carbonyl (C=O) groups excluding carboxylic acids is 1. The number of hydrogen-bond donors (Lipinski definition) is 2. The highest BCUT2D eigenvalue weighted by Gasteiger charge is 2.22. The minimum Gasteiger partial charge on any atom is -0.497 e. The molecule has 0 spiro atoms. The minimum absolute atomic E-state index is 0.0973. The van der Waals surface area contributed by atoms with Crippen LogP contribution in [0.5, 0.6) is 5.75 Å². The quantitative estimate of drug-likeness (QED) is 0.209. The molecule has 8 nitrogen and oxygen atoms in total. The van der Waals surface area contributed by atoms with Crippen LogP contribution < -0.4 is 15.2 Å². The molecule has 2 heterocycles. The highest BCUT2D eigenvalue weighted by molar-refractivity contribution is 7.92. The van der Waals surface area contributed by atoms with Crippen LogP contribution in [-0.2, 0) is 20.2 Å². The summed E-state index contributed by atoms with van der Waals surface area (Å²) in [5, 5.41) is 0.757. The van der Waals surface area contributed by atoms with E-state index in [1.807, 2.05) is 59.2 Å². The molecular weight excluding hydrogens is 548 g/mol. The van der Waals surface area contributed by atoms with Crippen LogP contribution in [0.3, 0.4) is 0 Å². The molecule has 5 rings (SSSR count). The molecule has 3 aromatic carbocycles. The first kappa shape index (κ1) is 28.6. The maximum atomic E-state index is 13.4. The summed E-state index contributed by atoms with van der Waals surface area (Å²) in [6.45, 7) is 6.23. The van der Waals surface area contributed by atoms with Crippen molar-refractivity contribution in [2.45, 2.75) is 31.1 Å². The largest absolute Gasteiger partial charge is 0.497 e. The molecule has 0 radical (unpaired) electrons. The fourth-order valence-corrected chi connectivity index (χ4v) is 5.94. The second kappa shape index (κ2) is 11.2. The topological polar surface area (TPSA) is 116 Å². The standard InChI is InChI=1S/C33H32N4O4S/c1-33(2,3)23-8-11-27(12-9-23)42(39,40)36-24-10-13-29-28(21-24)32(22-6-5-7-26(20-22)41-4)30(14-15-31(34)38)37(29)25-16-18-35-19-17-25/h5-21,36H,1-4H3,(H2,34,38)/b15-14+. The summed E-state index contributed by atoms with van der Waals surface area (Å²) in [7, 11) is -2.28. The van der Waals surface area contributed by atoms with Crippen LogP contribution in [0.1, 0.15) is 32.0 Å². The van der Waals surface area contributed by atoms with E-state index < -0.39 is 15.9 Å². The van der Waals surface area contributed by atoms with Crippen molar-refractivity contribution in [3.05, 3.63) is 109 Å². The number of methoxy groups -OCH3 is 1. The van der Waals surface area contributed by atoms with Crippen LogP contribution in [0.4, 0.5) is 5.69 Å². The molecule has 5 aromatic rings. The van der Waals surface area contributed by atoms with Crippen molar-refractivity contribution in [2.24, 2.45) is 5.73 Å². The molecule has 0 bridgehead atoms. The summed E-state index contributed by atoms with van der Waals surface area (Å²) in [5.74, 6) is 0.0572. The number of nitrogens with two attached hydrogens (primary N) is 1. The maximum Gasteiger partial charge on any atom is 0.261 e. The molecule has 9 heteroatoms. The third-order valence-corrected chi connectivity index (χ3v) is 8.37. The van der Waals surface area contributed by atoms with Crippen molar-refractivity contribution >= 4 is 38.6 Å². The molecule has 0 aliphatic rings. The average molecular weight is 581 g/mol. The smallest absolute Gasteiger partial charge is 0.261 e. The summed E-state index contributed by atoms with van der Waals surface area (Å²) in [4.78, 5) is 16.1. The lowest BCUT2D eigenvalue weighted by Crippen LogP contribution is -2.14. The minimum atomic E-state index is -3.87. The molecule has 0 aliphatic heterocycles. The van der Waals surface area contributed by atoms with Crippen LogP contribution >= 0.6 is 0 Å². The monoisotopic (exact) mass is 580 g/mol. The van der Waals surface area contributed by atoms with Crippen LogP contribution in [-0.4, -0.2) is 31.0 Å². The molecule has 42 heavy (non-hydrogen) atoms. The molecule has 0 saturated carbocycles. The SMILES string of the molecule is COc1cccc(-c2c(/C=C/C(N)=O)n(-c3ccncc3)c3ccc(NS(=O)(=O)c4ccc(C(C)(C)C)cc4)cc23)c1. The number of nitrogens with one attached hydrogen (secondary N) is 1. The van der Waals surface area contributed by atoms with Gasteiger partial charge in [0.1, 0.15) is 5.75 Å². The Kier molecular flexibility index (Phi) is 7.62. The van der Waals surface area contributed by atoms with Gasteiger partial charge in [-0.15, -0.1) is 0 Å². The Morgan fingerprint density at radius 2 is 1.69 bits per heavy atom. The molecule has 0 atom stereocenters. The summed E-state index contributed by atoms with van der Waals surface area (Å²) < 4.78 is 37.0. The summed E-state index contributed by atoms with van der Waals surface area (Å²) in [5.41, 5.74) is 10.7. The lowest BCUT2D eigenvalue weighted by molar-refractivity contribution is -0.113. The molecule has 1 amide bonds. The number of hydrogen-bond acceptors (Lipinski definition) is 5. The van der Waals surface area contributed by atoms with Gasteiger partial charge in [-0.25, -0.2) is 8.42 Å². The van der Waals surface area contributed by atoms with Crippen molar-refractivity contribution < 1.29 is 17.9 Å². The van der Waals surface area contributed by atoms with Crippen LogP contribution in [0.25, 0.3) is 33.8 Å². The zero-order valence-corrected chi connectivity index (χ0v) is 24.6. The Labute approximate surface area is 245 Å². The molecule has 0 aliphatic carbocycles. The van der Waals surface area contributed by atoms with Gasteiger partial charge in [-0.1, -0.05) is 45.0 Å².